The van der Waals surface area contributed by atoms with Crippen LogP contribution >= 0.6 is 0 Å². The molecule has 4 heteroatoms. The van der Waals surface area contributed by atoms with Crippen LogP contribution in [0.4, 0.5) is 0 Å². The average Bonchev–Trinajstić information content (AvgIpc) is 2.62. The molecule has 0 aromatic heterocycles. The molecule has 0 heterocycles. The van der Waals surface area contributed by atoms with E-state index in [0.29, 0.717) is 6.54 Å². The van der Waals surface area contributed by atoms with Gasteiger partial charge in [0, 0.05) is 6.54 Å². The second-order valence-electron chi connectivity index (χ2n) is 8.69. The average molecular weight is 383 g/mol. The number of nitrogens with zero attached hydrogens (tertiary/aromatic N) is 1. The minimum Gasteiger partial charge on any atom is -0.484 e. The normalized spacial score (nSPS) is 12.7. The van der Waals surface area contributed by atoms with Crippen molar-refractivity contribution in [2.24, 2.45) is 0 Å². The highest BCUT2D eigenvalue weighted by atomic mass is 16.5. The highest BCUT2D eigenvalue weighted by molar-refractivity contribution is 5.77. The van der Waals surface area contributed by atoms with Gasteiger partial charge in [0.25, 0.3) is 5.91 Å². The van der Waals surface area contributed by atoms with Crippen LogP contribution in [-0.2, 0) is 10.2 Å². The molecule has 0 aliphatic heterocycles. The molecule has 0 unspecified atom stereocenters. The van der Waals surface area contributed by atoms with Crippen molar-refractivity contribution >= 4 is 5.91 Å². The number of aryl methyl sites for hydroxylation is 2. The SMILES string of the molecule is Cc1ccc(OCC(=O)NC[C@H](c2ccc(C(C)(C)C)cc2)N(C)C)cc1C. The molecule has 1 N–H and O–H groups in total. The molecule has 28 heavy (non-hydrogen) atoms. The van der Waals surface area contributed by atoms with Crippen molar-refractivity contribution in [1.29, 1.82) is 0 Å². The van der Waals surface area contributed by atoms with Gasteiger partial charge in [0.2, 0.25) is 0 Å². The Balaban J connectivity index is 1.93. The van der Waals surface area contributed by atoms with Gasteiger partial charge >= 0.3 is 0 Å². The largest absolute Gasteiger partial charge is 0.484 e. The Kier molecular flexibility index (Phi) is 7.25. The van der Waals surface area contributed by atoms with E-state index in [1.807, 2.05) is 39.2 Å². The minimum absolute atomic E-state index is 0.0195. The first kappa shape index (κ1) is 22.0. The summed E-state index contributed by atoms with van der Waals surface area (Å²) in [4.78, 5) is 14.4. The zero-order valence-corrected chi connectivity index (χ0v) is 18.3. The molecule has 0 spiro atoms. The number of carbonyl (C=O) groups is 1. The Hall–Kier alpha value is -2.33. The number of hydrogen-bond acceptors (Lipinski definition) is 3. The van der Waals surface area contributed by atoms with Gasteiger partial charge in [-0.05, 0) is 67.7 Å². The van der Waals surface area contributed by atoms with Crippen LogP contribution in [0.2, 0.25) is 0 Å². The summed E-state index contributed by atoms with van der Waals surface area (Å²) in [6.07, 6.45) is 0. The van der Waals surface area contributed by atoms with Gasteiger partial charge in [-0.2, -0.15) is 0 Å². The van der Waals surface area contributed by atoms with Crippen LogP contribution in [0, 0.1) is 13.8 Å². The Labute approximate surface area is 169 Å². The molecule has 0 aliphatic carbocycles. The third-order valence-electron chi connectivity index (χ3n) is 5.13. The summed E-state index contributed by atoms with van der Waals surface area (Å²) < 4.78 is 5.63. The lowest BCUT2D eigenvalue weighted by molar-refractivity contribution is -0.123. The Morgan fingerprint density at radius 3 is 2.21 bits per heavy atom. The van der Waals surface area contributed by atoms with Gasteiger partial charge in [-0.15, -0.1) is 0 Å². The molecule has 2 aromatic rings. The van der Waals surface area contributed by atoms with Crippen molar-refractivity contribution in [3.05, 3.63) is 64.7 Å². The van der Waals surface area contributed by atoms with Crippen molar-refractivity contribution < 1.29 is 9.53 Å². The van der Waals surface area contributed by atoms with Crippen LogP contribution in [0.5, 0.6) is 5.75 Å². The first-order valence-electron chi connectivity index (χ1n) is 9.81. The topological polar surface area (TPSA) is 41.6 Å². The highest BCUT2D eigenvalue weighted by Crippen LogP contribution is 2.25. The fourth-order valence-electron chi connectivity index (χ4n) is 3.02. The van der Waals surface area contributed by atoms with Crippen molar-refractivity contribution in [2.75, 3.05) is 27.2 Å². The molecular formula is C24H34N2O2. The van der Waals surface area contributed by atoms with E-state index in [-0.39, 0.29) is 24.0 Å². The summed E-state index contributed by atoms with van der Waals surface area (Å²) in [6, 6.07) is 14.6. The molecule has 0 saturated heterocycles. The van der Waals surface area contributed by atoms with Crippen molar-refractivity contribution in [3.63, 3.8) is 0 Å². The van der Waals surface area contributed by atoms with E-state index in [2.05, 4.69) is 62.2 Å². The Morgan fingerprint density at radius 2 is 1.68 bits per heavy atom. The lowest BCUT2D eigenvalue weighted by atomic mass is 9.86. The van der Waals surface area contributed by atoms with Gasteiger partial charge in [-0.3, -0.25) is 4.79 Å². The number of ether oxygens (including phenoxy) is 1. The van der Waals surface area contributed by atoms with E-state index in [9.17, 15) is 4.79 Å². The van der Waals surface area contributed by atoms with E-state index in [0.717, 1.165) is 11.3 Å². The van der Waals surface area contributed by atoms with E-state index < -0.39 is 0 Å². The quantitative estimate of drug-likeness (QED) is 0.772. The zero-order valence-electron chi connectivity index (χ0n) is 18.3. The van der Waals surface area contributed by atoms with Gasteiger partial charge < -0.3 is 15.0 Å². The highest BCUT2D eigenvalue weighted by Gasteiger charge is 2.18. The van der Waals surface area contributed by atoms with Crippen LogP contribution in [0.3, 0.4) is 0 Å². The van der Waals surface area contributed by atoms with Crippen molar-refractivity contribution in [2.45, 2.75) is 46.1 Å². The molecule has 2 rings (SSSR count). The standard InChI is InChI=1S/C24H34N2O2/c1-17-8-13-21(14-18(17)2)28-16-23(27)25-15-22(26(6)7)19-9-11-20(12-10-19)24(3,4)5/h8-14,22H,15-16H2,1-7H3,(H,25,27)/t22-/m1/s1. The summed E-state index contributed by atoms with van der Waals surface area (Å²) in [6.45, 7) is 11.3. The lowest BCUT2D eigenvalue weighted by Crippen LogP contribution is -2.36. The van der Waals surface area contributed by atoms with E-state index in [4.69, 9.17) is 4.74 Å². The number of hydrogen-bond donors (Lipinski definition) is 1. The predicted octanol–water partition coefficient (Wildman–Crippen LogP) is 4.40. The molecule has 1 atom stereocenters. The molecule has 0 saturated carbocycles. The number of likely N-dealkylation sites (N-methyl/N-ethyl adjacent to an activating group) is 1. The number of nitrogens with one attached hydrogen (secondary N) is 1. The first-order valence-corrected chi connectivity index (χ1v) is 9.81. The molecule has 152 valence electrons. The lowest BCUT2D eigenvalue weighted by Gasteiger charge is -2.26. The van der Waals surface area contributed by atoms with Gasteiger partial charge in [0.1, 0.15) is 5.75 Å². The van der Waals surface area contributed by atoms with E-state index in [1.165, 1.54) is 16.7 Å². The molecule has 0 bridgehead atoms. The monoisotopic (exact) mass is 382 g/mol. The van der Waals surface area contributed by atoms with Gasteiger partial charge in [0.05, 0.1) is 6.04 Å². The zero-order chi connectivity index (χ0) is 20.9. The van der Waals surface area contributed by atoms with Crippen LogP contribution in [-0.4, -0.2) is 38.1 Å². The number of benzene rings is 2. The molecule has 1 amide bonds. The molecule has 0 fully saturated rings. The maximum atomic E-state index is 12.3. The smallest absolute Gasteiger partial charge is 0.258 e. The number of carbonyl (C=O) groups excluding carboxylic acids is 1. The Morgan fingerprint density at radius 1 is 1.04 bits per heavy atom. The van der Waals surface area contributed by atoms with Gasteiger partial charge in [-0.25, -0.2) is 0 Å². The van der Waals surface area contributed by atoms with Crippen molar-refractivity contribution in [1.82, 2.24) is 10.2 Å². The van der Waals surface area contributed by atoms with E-state index >= 15 is 0 Å². The van der Waals surface area contributed by atoms with Crippen molar-refractivity contribution in [3.8, 4) is 5.75 Å². The number of rotatable bonds is 7. The van der Waals surface area contributed by atoms with Crippen LogP contribution < -0.4 is 10.1 Å². The molecular weight excluding hydrogens is 348 g/mol. The summed E-state index contributed by atoms with van der Waals surface area (Å²) in [5.41, 5.74) is 4.99. The summed E-state index contributed by atoms with van der Waals surface area (Å²) in [5, 5.41) is 3.00. The third kappa shape index (κ3) is 6.10. The summed E-state index contributed by atoms with van der Waals surface area (Å²) >= 11 is 0. The van der Waals surface area contributed by atoms with Crippen LogP contribution in [0.15, 0.2) is 42.5 Å². The van der Waals surface area contributed by atoms with E-state index in [1.54, 1.807) is 0 Å². The maximum absolute atomic E-state index is 12.3. The molecule has 2 aromatic carbocycles. The fraction of sp³-hybridized carbons (Fsp3) is 0.458. The summed E-state index contributed by atoms with van der Waals surface area (Å²) in [7, 11) is 4.06. The number of amides is 1. The molecule has 0 aliphatic rings. The second-order valence-corrected chi connectivity index (χ2v) is 8.69. The summed E-state index contributed by atoms with van der Waals surface area (Å²) in [5.74, 6) is 0.608. The Bertz CT molecular complexity index is 789. The fourth-order valence-corrected chi connectivity index (χ4v) is 3.02. The first-order chi connectivity index (χ1) is 13.1. The third-order valence-corrected chi connectivity index (χ3v) is 5.13. The molecule has 0 radical (unpaired) electrons. The predicted molar refractivity (Wildman–Crippen MR) is 116 cm³/mol. The molecule has 4 nitrogen and oxygen atoms in total. The van der Waals surface area contributed by atoms with Gasteiger partial charge in [0.15, 0.2) is 6.61 Å². The second kappa shape index (κ2) is 9.24. The van der Waals surface area contributed by atoms with Crippen LogP contribution in [0.1, 0.15) is 49.1 Å². The van der Waals surface area contributed by atoms with Gasteiger partial charge in [-0.1, -0.05) is 51.1 Å². The maximum Gasteiger partial charge on any atom is 0.258 e. The van der Waals surface area contributed by atoms with Crippen LogP contribution in [0.25, 0.3) is 0 Å². The minimum atomic E-state index is -0.114.